The zero-order valence-electron chi connectivity index (χ0n) is 11.6. The number of hydrogen-bond donors (Lipinski definition) is 0. The van der Waals surface area contributed by atoms with Crippen LogP contribution in [0.25, 0.3) is 0 Å². The quantitative estimate of drug-likeness (QED) is 0.741. The molecule has 2 aromatic rings. The molecule has 0 aliphatic carbocycles. The molecule has 2 heterocycles. The van der Waals surface area contributed by atoms with Crippen molar-refractivity contribution in [2.75, 3.05) is 18.0 Å². The van der Waals surface area contributed by atoms with Crippen LogP contribution in [0.1, 0.15) is 15.9 Å². The van der Waals surface area contributed by atoms with E-state index in [4.69, 9.17) is 4.74 Å². The van der Waals surface area contributed by atoms with Gasteiger partial charge in [0.15, 0.2) is 0 Å². The molecular formula is C14H12BrNO4S2. The number of carbonyl (C=O) groups excluding carboxylic acids is 1. The van der Waals surface area contributed by atoms with Gasteiger partial charge in [0.2, 0.25) is 0 Å². The number of ether oxygens (including phenoxy) is 1. The van der Waals surface area contributed by atoms with Gasteiger partial charge >= 0.3 is 5.97 Å². The first-order chi connectivity index (χ1) is 10.4. The average Bonchev–Trinajstić information content (AvgIpc) is 3.12. The predicted molar refractivity (Wildman–Crippen MR) is 88.0 cm³/mol. The van der Waals surface area contributed by atoms with Crippen molar-refractivity contribution in [3.8, 4) is 0 Å². The van der Waals surface area contributed by atoms with Crippen LogP contribution in [0.15, 0.2) is 38.3 Å². The molecule has 0 unspecified atom stereocenters. The Morgan fingerprint density at radius 1 is 1.32 bits per heavy atom. The smallest absolute Gasteiger partial charge is 0.337 e. The maximum atomic E-state index is 12.8. The Bertz CT molecular complexity index is 844. The van der Waals surface area contributed by atoms with Gasteiger partial charge < -0.3 is 4.74 Å². The van der Waals surface area contributed by atoms with E-state index in [9.17, 15) is 13.2 Å². The van der Waals surface area contributed by atoms with Gasteiger partial charge in [-0.3, -0.25) is 4.31 Å². The summed E-state index contributed by atoms with van der Waals surface area (Å²) in [5, 5.41) is 0. The summed E-state index contributed by atoms with van der Waals surface area (Å²) < 4.78 is 32.6. The topological polar surface area (TPSA) is 63.7 Å². The van der Waals surface area contributed by atoms with Crippen molar-refractivity contribution < 1.29 is 17.9 Å². The minimum absolute atomic E-state index is 0.274. The molecule has 1 aromatic carbocycles. The van der Waals surface area contributed by atoms with Gasteiger partial charge in [-0.25, -0.2) is 13.2 Å². The zero-order chi connectivity index (χ0) is 15.9. The summed E-state index contributed by atoms with van der Waals surface area (Å²) in [6.45, 7) is 0.373. The standard InChI is InChI=1S/C14H12BrNO4S2/c1-20-14(17)10-3-2-9-6-7-16(11(9)8-10)22(18,19)13-5-4-12(15)21-13/h2-5,8H,6-7H2,1H3. The van der Waals surface area contributed by atoms with E-state index < -0.39 is 16.0 Å². The predicted octanol–water partition coefficient (Wildman–Crippen LogP) is 3.05. The number of sulfonamides is 1. The van der Waals surface area contributed by atoms with Crippen LogP contribution < -0.4 is 4.31 Å². The fourth-order valence-electron chi connectivity index (χ4n) is 2.39. The second-order valence-electron chi connectivity index (χ2n) is 4.72. The molecule has 0 radical (unpaired) electrons. The van der Waals surface area contributed by atoms with Crippen LogP contribution in [-0.4, -0.2) is 28.0 Å². The number of anilines is 1. The largest absolute Gasteiger partial charge is 0.465 e. The maximum Gasteiger partial charge on any atom is 0.337 e. The Kier molecular flexibility index (Phi) is 4.00. The van der Waals surface area contributed by atoms with E-state index >= 15 is 0 Å². The van der Waals surface area contributed by atoms with E-state index in [0.717, 1.165) is 9.35 Å². The van der Waals surface area contributed by atoms with E-state index in [1.165, 1.54) is 22.8 Å². The molecule has 22 heavy (non-hydrogen) atoms. The molecule has 0 spiro atoms. The number of esters is 1. The minimum atomic E-state index is -3.61. The highest BCUT2D eigenvalue weighted by atomic mass is 79.9. The number of carbonyl (C=O) groups is 1. The third-order valence-electron chi connectivity index (χ3n) is 3.45. The summed E-state index contributed by atoms with van der Waals surface area (Å²) in [6.07, 6.45) is 0.628. The van der Waals surface area contributed by atoms with Gasteiger partial charge in [0.05, 0.1) is 22.1 Å². The summed E-state index contributed by atoms with van der Waals surface area (Å²) in [5.41, 5.74) is 1.80. The minimum Gasteiger partial charge on any atom is -0.465 e. The normalized spacial score (nSPS) is 14.0. The number of fused-ring (bicyclic) bond motifs is 1. The van der Waals surface area contributed by atoms with Crippen molar-refractivity contribution in [3.05, 3.63) is 45.2 Å². The second-order valence-corrected chi connectivity index (χ2v) is 9.27. The van der Waals surface area contributed by atoms with Crippen molar-refractivity contribution in [2.24, 2.45) is 0 Å². The van der Waals surface area contributed by atoms with Crippen molar-refractivity contribution in [1.82, 2.24) is 0 Å². The monoisotopic (exact) mass is 401 g/mol. The van der Waals surface area contributed by atoms with Crippen LogP contribution in [0.5, 0.6) is 0 Å². The number of nitrogens with zero attached hydrogens (tertiary/aromatic N) is 1. The van der Waals surface area contributed by atoms with Crippen LogP contribution >= 0.6 is 27.3 Å². The van der Waals surface area contributed by atoms with Gasteiger partial charge in [0.25, 0.3) is 10.0 Å². The number of hydrogen-bond acceptors (Lipinski definition) is 5. The number of halogens is 1. The van der Waals surface area contributed by atoms with Crippen LogP contribution in [-0.2, 0) is 21.2 Å². The van der Waals surface area contributed by atoms with Gasteiger partial charge in [-0.2, -0.15) is 0 Å². The van der Waals surface area contributed by atoms with E-state index in [-0.39, 0.29) is 4.21 Å². The lowest BCUT2D eigenvalue weighted by atomic mass is 10.1. The van der Waals surface area contributed by atoms with Crippen LogP contribution in [0.4, 0.5) is 5.69 Å². The van der Waals surface area contributed by atoms with E-state index in [2.05, 4.69) is 15.9 Å². The first-order valence-corrected chi connectivity index (χ1v) is 9.48. The lowest BCUT2D eigenvalue weighted by Crippen LogP contribution is -2.28. The Balaban J connectivity index is 2.05. The molecule has 0 saturated carbocycles. The molecule has 1 aromatic heterocycles. The average molecular weight is 402 g/mol. The molecule has 0 bridgehead atoms. The Morgan fingerprint density at radius 2 is 2.09 bits per heavy atom. The lowest BCUT2D eigenvalue weighted by molar-refractivity contribution is 0.0601. The van der Waals surface area contributed by atoms with Gasteiger partial charge in [-0.1, -0.05) is 6.07 Å². The van der Waals surface area contributed by atoms with Crippen molar-refractivity contribution in [1.29, 1.82) is 0 Å². The lowest BCUT2D eigenvalue weighted by Gasteiger charge is -2.18. The molecule has 3 rings (SSSR count). The van der Waals surface area contributed by atoms with Crippen LogP contribution in [0.2, 0.25) is 0 Å². The maximum absolute atomic E-state index is 12.8. The number of rotatable bonds is 3. The molecule has 1 aliphatic heterocycles. The fraction of sp³-hybridized carbons (Fsp3) is 0.214. The van der Waals surface area contributed by atoms with Gasteiger partial charge in [0.1, 0.15) is 4.21 Å². The Morgan fingerprint density at radius 3 is 2.73 bits per heavy atom. The fourth-order valence-corrected chi connectivity index (χ4v) is 6.01. The first-order valence-electron chi connectivity index (χ1n) is 6.43. The molecule has 0 amide bonds. The third kappa shape index (κ3) is 2.55. The highest BCUT2D eigenvalue weighted by molar-refractivity contribution is 9.11. The molecule has 0 saturated heterocycles. The Labute approximate surface area is 140 Å². The molecule has 0 atom stereocenters. The SMILES string of the molecule is COC(=O)c1ccc2c(c1)N(S(=O)(=O)c1ccc(Br)s1)CC2. The Hall–Kier alpha value is -1.38. The third-order valence-corrected chi connectivity index (χ3v) is 7.36. The van der Waals surface area contributed by atoms with Gasteiger partial charge in [-0.05, 0) is 52.2 Å². The molecule has 0 fully saturated rings. The number of thiophene rings is 1. The van der Waals surface area contributed by atoms with Crippen molar-refractivity contribution >= 4 is 48.9 Å². The van der Waals surface area contributed by atoms with E-state index in [1.54, 1.807) is 30.3 Å². The molecular weight excluding hydrogens is 390 g/mol. The van der Waals surface area contributed by atoms with Crippen LogP contribution in [0, 0.1) is 0 Å². The molecule has 116 valence electrons. The summed E-state index contributed by atoms with van der Waals surface area (Å²) in [7, 11) is -2.31. The first kappa shape index (κ1) is 15.5. The zero-order valence-corrected chi connectivity index (χ0v) is 14.8. The molecule has 0 N–H and O–H groups in total. The molecule has 5 nitrogen and oxygen atoms in total. The molecule has 1 aliphatic rings. The summed E-state index contributed by atoms with van der Waals surface area (Å²) >= 11 is 4.45. The summed E-state index contributed by atoms with van der Waals surface area (Å²) in [4.78, 5) is 11.6. The van der Waals surface area contributed by atoms with Crippen LogP contribution in [0.3, 0.4) is 0 Å². The number of benzene rings is 1. The van der Waals surface area contributed by atoms with Gasteiger partial charge in [-0.15, -0.1) is 11.3 Å². The highest BCUT2D eigenvalue weighted by Crippen LogP contribution is 2.36. The van der Waals surface area contributed by atoms with E-state index in [0.29, 0.717) is 24.2 Å². The summed E-state index contributed by atoms with van der Waals surface area (Å²) in [5.74, 6) is -0.481. The highest BCUT2D eigenvalue weighted by Gasteiger charge is 2.32. The van der Waals surface area contributed by atoms with Crippen molar-refractivity contribution in [2.45, 2.75) is 10.6 Å². The molecule has 8 heteroatoms. The number of methoxy groups -OCH3 is 1. The van der Waals surface area contributed by atoms with E-state index in [1.807, 2.05) is 0 Å². The van der Waals surface area contributed by atoms with Gasteiger partial charge in [0, 0.05) is 6.54 Å². The second kappa shape index (κ2) is 5.68. The summed E-state index contributed by atoms with van der Waals surface area (Å²) in [6, 6.07) is 8.30. The van der Waals surface area contributed by atoms with Crippen molar-refractivity contribution in [3.63, 3.8) is 0 Å².